The summed E-state index contributed by atoms with van der Waals surface area (Å²) in [5.41, 5.74) is 5.32. The fraction of sp³-hybridized carbons (Fsp3) is 0.444. The van der Waals surface area contributed by atoms with Crippen molar-refractivity contribution in [2.75, 3.05) is 14.2 Å². The third-order valence-electron chi connectivity index (χ3n) is 1.55. The molecule has 0 aromatic rings. The number of carbonyl (C=O) groups is 2. The molecule has 0 saturated carbocycles. The van der Waals surface area contributed by atoms with E-state index in [1.165, 1.54) is 18.6 Å². The van der Waals surface area contributed by atoms with Crippen LogP contribution in [0.2, 0.25) is 0 Å². The highest BCUT2D eigenvalue weighted by atomic mass is 35.5. The highest BCUT2D eigenvalue weighted by Crippen LogP contribution is 2.02. The molecule has 0 bridgehead atoms. The normalized spacial score (nSPS) is 16.9. The number of ether oxygens (including phenoxy) is 2. The molecule has 0 aromatic carbocycles. The first kappa shape index (κ1) is 15.4. The topological polar surface area (TPSA) is 94.2 Å². The van der Waals surface area contributed by atoms with Gasteiger partial charge < -0.3 is 9.47 Å². The number of nitrogens with two attached hydrogens (primary N) is 1. The Morgan fingerprint density at radius 3 is 2.24 bits per heavy atom. The molecule has 0 spiro atoms. The van der Waals surface area contributed by atoms with Crippen molar-refractivity contribution in [2.45, 2.75) is 12.7 Å². The molecule has 1 atom stereocenters. The fourth-order valence-corrected chi connectivity index (χ4v) is 0.788. The molecular weight excluding hydrogens is 250 g/mol. The third-order valence-corrected chi connectivity index (χ3v) is 1.86. The van der Waals surface area contributed by atoms with Gasteiger partial charge in [0.2, 0.25) is 0 Å². The van der Waals surface area contributed by atoms with E-state index in [0.29, 0.717) is 0 Å². The average molecular weight is 264 g/mol. The number of carbonyl (C=O) groups excluding carboxylic acids is 2. The molecule has 0 aromatic heterocycles. The van der Waals surface area contributed by atoms with E-state index in [1.807, 2.05) is 0 Å². The number of rotatable bonds is 2. The minimum Gasteiger partial charge on any atom is -0.469 e. The molecule has 1 heterocycles. The summed E-state index contributed by atoms with van der Waals surface area (Å²) in [5.74, 6) is -1.16. The van der Waals surface area contributed by atoms with Gasteiger partial charge in [-0.05, 0) is 6.08 Å². The number of methoxy groups -OCH3 is 2. The molecule has 8 heteroatoms. The quantitative estimate of drug-likeness (QED) is 0.428. The van der Waals surface area contributed by atoms with Gasteiger partial charge in [-0.2, -0.15) is 0 Å². The van der Waals surface area contributed by atoms with Crippen LogP contribution in [0, 0.1) is 0 Å². The first-order chi connectivity index (χ1) is 8.01. The summed E-state index contributed by atoms with van der Waals surface area (Å²) >= 11 is 5.47. The summed E-state index contributed by atoms with van der Waals surface area (Å²) in [6.45, 7) is 0. The molecule has 0 fully saturated rings. The molecule has 0 aliphatic carbocycles. The molecular formula is C9H14ClN3O4. The lowest BCUT2D eigenvalue weighted by Gasteiger charge is -2.16. The summed E-state index contributed by atoms with van der Waals surface area (Å²) in [6, 6.07) is 0. The number of hydrogen-bond donors (Lipinski definition) is 1. The van der Waals surface area contributed by atoms with E-state index in [4.69, 9.17) is 17.5 Å². The van der Waals surface area contributed by atoms with Crippen molar-refractivity contribution in [3.63, 3.8) is 0 Å². The van der Waals surface area contributed by atoms with Crippen molar-refractivity contribution in [1.29, 1.82) is 0 Å². The van der Waals surface area contributed by atoms with Gasteiger partial charge in [0.05, 0.1) is 14.2 Å². The van der Waals surface area contributed by atoms with Crippen molar-refractivity contribution >= 4 is 29.9 Å². The Hall–Kier alpha value is -1.60. The van der Waals surface area contributed by atoms with Gasteiger partial charge >= 0.3 is 11.9 Å². The Bertz CT molecular complexity index is 289. The van der Waals surface area contributed by atoms with Crippen LogP contribution in [0.3, 0.4) is 0 Å². The minimum absolute atomic E-state index is 0.312. The highest BCUT2D eigenvalue weighted by molar-refractivity contribution is 6.14. The summed E-state index contributed by atoms with van der Waals surface area (Å²) in [5, 5.41) is 0. The van der Waals surface area contributed by atoms with Crippen molar-refractivity contribution in [2.24, 2.45) is 10.7 Å². The number of allylic oxidation sites excluding steroid dienone is 1. The highest BCUT2D eigenvalue weighted by Gasteiger charge is 2.07. The van der Waals surface area contributed by atoms with Gasteiger partial charge in [-0.15, -0.1) is 0 Å². The number of halogens is 1. The maximum absolute atomic E-state index is 10.3. The second kappa shape index (κ2) is 8.54. The maximum atomic E-state index is 10.3. The predicted octanol–water partition coefficient (Wildman–Crippen LogP) is 0.00510. The zero-order chi connectivity index (χ0) is 13.3. The predicted molar refractivity (Wildman–Crippen MR) is 61.9 cm³/mol. The molecule has 0 radical (unpaired) electrons. The van der Waals surface area contributed by atoms with Crippen LogP contribution in [0.5, 0.6) is 0 Å². The molecule has 1 unspecified atom stereocenters. The lowest BCUT2D eigenvalue weighted by molar-refractivity contribution is -0.151. The third kappa shape index (κ3) is 7.31. The number of esters is 2. The van der Waals surface area contributed by atoms with E-state index in [0.717, 1.165) is 0 Å². The monoisotopic (exact) mass is 263 g/mol. The first-order valence-corrected chi connectivity index (χ1v) is 4.88. The van der Waals surface area contributed by atoms with Gasteiger partial charge in [-0.3, -0.25) is 24.7 Å². The van der Waals surface area contributed by atoms with Gasteiger partial charge in [0.25, 0.3) is 0 Å². The second-order valence-electron chi connectivity index (χ2n) is 2.73. The molecule has 2 N–H and O–H groups in total. The van der Waals surface area contributed by atoms with Crippen molar-refractivity contribution in [3.8, 4) is 0 Å². The lowest BCUT2D eigenvalue weighted by Crippen LogP contribution is -2.31. The number of aliphatic imine (C=N–C) groups is 1. The largest absolute Gasteiger partial charge is 0.469 e. The van der Waals surface area contributed by atoms with Gasteiger partial charge in [-0.25, -0.2) is 0 Å². The summed E-state index contributed by atoms with van der Waals surface area (Å²) in [6.07, 6.45) is 4.26. The SMILES string of the molecule is COC(=O)CC(=O)OC.NC1N=CC=CN1Cl. The van der Waals surface area contributed by atoms with Crippen LogP contribution < -0.4 is 5.73 Å². The molecule has 96 valence electrons. The minimum atomic E-state index is -0.582. The van der Waals surface area contributed by atoms with Crippen molar-refractivity contribution < 1.29 is 19.1 Å². The van der Waals surface area contributed by atoms with E-state index in [-0.39, 0.29) is 6.42 Å². The smallest absolute Gasteiger partial charge is 0.316 e. The maximum Gasteiger partial charge on any atom is 0.316 e. The standard InChI is InChI=1S/C5H8O4.C4H6ClN3/c1-8-4(6)3-5(7)9-2;5-8-3-1-2-7-4(8)6/h3H2,1-2H3;1-4H,6H2. The summed E-state index contributed by atoms with van der Waals surface area (Å²) in [7, 11) is 2.43. The summed E-state index contributed by atoms with van der Waals surface area (Å²) in [4.78, 5) is 24.3. The average Bonchev–Trinajstić information content (AvgIpc) is 2.33. The molecule has 7 nitrogen and oxygen atoms in total. The van der Waals surface area contributed by atoms with Crippen molar-refractivity contribution in [3.05, 3.63) is 12.3 Å². The number of nitrogens with zero attached hydrogens (tertiary/aromatic N) is 2. The van der Waals surface area contributed by atoms with E-state index in [1.54, 1.807) is 18.5 Å². The molecule has 17 heavy (non-hydrogen) atoms. The molecule has 0 saturated heterocycles. The molecule has 0 amide bonds. The van der Waals surface area contributed by atoms with E-state index < -0.39 is 18.2 Å². The Balaban J connectivity index is 0.000000302. The van der Waals surface area contributed by atoms with Crippen LogP contribution >= 0.6 is 11.8 Å². The van der Waals surface area contributed by atoms with E-state index in [9.17, 15) is 9.59 Å². The van der Waals surface area contributed by atoms with E-state index in [2.05, 4.69) is 14.5 Å². The molecule has 1 aliphatic heterocycles. The first-order valence-electron chi connectivity index (χ1n) is 4.54. The number of hydrogen-bond acceptors (Lipinski definition) is 7. The van der Waals surface area contributed by atoms with Gasteiger partial charge in [-0.1, -0.05) is 0 Å². The Kier molecular flexibility index (Phi) is 7.74. The van der Waals surface area contributed by atoms with Crippen LogP contribution in [0.4, 0.5) is 0 Å². The zero-order valence-electron chi connectivity index (χ0n) is 9.50. The van der Waals surface area contributed by atoms with E-state index >= 15 is 0 Å². The van der Waals surface area contributed by atoms with Crippen LogP contribution in [0.15, 0.2) is 17.3 Å². The Morgan fingerprint density at radius 2 is 1.94 bits per heavy atom. The Morgan fingerprint density at radius 1 is 1.41 bits per heavy atom. The fourth-order valence-electron chi connectivity index (χ4n) is 0.673. The van der Waals surface area contributed by atoms with Gasteiger partial charge in [0.1, 0.15) is 6.42 Å². The second-order valence-corrected chi connectivity index (χ2v) is 3.12. The van der Waals surface area contributed by atoms with Gasteiger partial charge in [0.15, 0.2) is 6.29 Å². The van der Waals surface area contributed by atoms with Crippen LogP contribution in [0.1, 0.15) is 6.42 Å². The van der Waals surface area contributed by atoms with Crippen LogP contribution in [-0.2, 0) is 19.1 Å². The molecule has 1 aliphatic rings. The van der Waals surface area contributed by atoms with Crippen LogP contribution in [-0.4, -0.2) is 43.1 Å². The Labute approximate surface area is 104 Å². The zero-order valence-corrected chi connectivity index (χ0v) is 10.3. The molecule has 1 rings (SSSR count). The van der Waals surface area contributed by atoms with Crippen LogP contribution in [0.25, 0.3) is 0 Å². The van der Waals surface area contributed by atoms with Gasteiger partial charge in [0, 0.05) is 24.2 Å². The lowest BCUT2D eigenvalue weighted by atomic mass is 10.4. The van der Waals surface area contributed by atoms with Crippen molar-refractivity contribution in [1.82, 2.24) is 4.42 Å². The summed E-state index contributed by atoms with van der Waals surface area (Å²) < 4.78 is 9.67.